The summed E-state index contributed by atoms with van der Waals surface area (Å²) in [5, 5.41) is 0. The molecule has 0 amide bonds. The summed E-state index contributed by atoms with van der Waals surface area (Å²) in [5.74, 6) is -0.157. The third-order valence-electron chi connectivity index (χ3n) is 5.94. The zero-order valence-electron chi connectivity index (χ0n) is 23.2. The van der Waals surface area contributed by atoms with Crippen LogP contribution in [0.2, 0.25) is 0 Å². The maximum Gasteiger partial charge on any atom is 0.309 e. The van der Waals surface area contributed by atoms with Gasteiger partial charge in [0.15, 0.2) is 0 Å². The molecule has 0 N–H and O–H groups in total. The van der Waals surface area contributed by atoms with Crippen molar-refractivity contribution < 1.29 is 33.3 Å². The van der Waals surface area contributed by atoms with Gasteiger partial charge in [0.2, 0.25) is 0 Å². The van der Waals surface area contributed by atoms with Crippen LogP contribution >= 0.6 is 0 Å². The summed E-state index contributed by atoms with van der Waals surface area (Å²) < 4.78 is 27.2. The quantitative estimate of drug-likeness (QED) is 0.104. The zero-order chi connectivity index (χ0) is 26.0. The monoisotopic (exact) mass is 502 g/mol. The number of carbonyl (C=O) groups is 2. The van der Waals surface area contributed by atoms with Gasteiger partial charge in [-0.1, -0.05) is 79.1 Å². The highest BCUT2D eigenvalue weighted by atomic mass is 16.6. The smallest absolute Gasteiger partial charge is 0.309 e. The Bertz CT molecular complexity index is 442. The third kappa shape index (κ3) is 20.7. The van der Waals surface area contributed by atoms with Gasteiger partial charge in [-0.2, -0.15) is 0 Å². The molecule has 0 fully saturated rings. The largest absolute Gasteiger partial charge is 0.463 e. The van der Waals surface area contributed by atoms with Crippen molar-refractivity contribution in [3.63, 3.8) is 0 Å². The Morgan fingerprint density at radius 2 is 0.800 bits per heavy atom. The van der Waals surface area contributed by atoms with Crippen LogP contribution in [0.1, 0.15) is 105 Å². The average molecular weight is 503 g/mol. The van der Waals surface area contributed by atoms with Crippen molar-refractivity contribution in [2.75, 3.05) is 52.9 Å². The lowest BCUT2D eigenvalue weighted by Gasteiger charge is -2.15. The fraction of sp³-hybridized carbons (Fsp3) is 0.929. The molecule has 0 heterocycles. The summed E-state index contributed by atoms with van der Waals surface area (Å²) in [4.78, 5) is 24.4. The van der Waals surface area contributed by atoms with Crippen LogP contribution in [0.5, 0.6) is 0 Å². The molecule has 0 aliphatic rings. The van der Waals surface area contributed by atoms with Crippen LogP contribution in [0.25, 0.3) is 0 Å². The molecule has 0 bridgehead atoms. The predicted octanol–water partition coefficient (Wildman–Crippen LogP) is 6.12. The van der Waals surface area contributed by atoms with Crippen molar-refractivity contribution in [3.8, 4) is 0 Å². The molecule has 0 saturated heterocycles. The van der Waals surface area contributed by atoms with Gasteiger partial charge in [-0.05, 0) is 25.7 Å². The van der Waals surface area contributed by atoms with Gasteiger partial charge in [-0.15, -0.1) is 0 Å². The Morgan fingerprint density at radius 3 is 1.11 bits per heavy atom. The van der Waals surface area contributed by atoms with Gasteiger partial charge >= 0.3 is 11.9 Å². The molecule has 0 aromatic carbocycles. The normalized spacial score (nSPS) is 12.9. The highest BCUT2D eigenvalue weighted by Crippen LogP contribution is 2.18. The molecule has 2 atom stereocenters. The minimum absolute atomic E-state index is 0.0157. The summed E-state index contributed by atoms with van der Waals surface area (Å²) in [6.45, 7) is 11.7. The number of unbranched alkanes of at least 4 members (excludes halogenated alkanes) is 4. The molecule has 35 heavy (non-hydrogen) atoms. The van der Waals surface area contributed by atoms with E-state index in [1.54, 1.807) is 0 Å². The molecule has 0 aromatic rings. The van der Waals surface area contributed by atoms with Crippen molar-refractivity contribution >= 4 is 11.9 Å². The lowest BCUT2D eigenvalue weighted by atomic mass is 9.97. The Hall–Kier alpha value is -1.18. The molecule has 0 aromatic heterocycles. The number of carbonyl (C=O) groups excluding carboxylic acids is 2. The van der Waals surface area contributed by atoms with E-state index in [9.17, 15) is 9.59 Å². The van der Waals surface area contributed by atoms with E-state index < -0.39 is 0 Å². The molecule has 0 aliphatic carbocycles. The van der Waals surface area contributed by atoms with Crippen LogP contribution in [0, 0.1) is 11.8 Å². The summed E-state index contributed by atoms with van der Waals surface area (Å²) in [7, 11) is 0. The first-order chi connectivity index (χ1) is 17.1. The van der Waals surface area contributed by atoms with E-state index in [-0.39, 0.29) is 37.0 Å². The van der Waals surface area contributed by atoms with Gasteiger partial charge in [0.25, 0.3) is 0 Å². The van der Waals surface area contributed by atoms with Crippen LogP contribution in [0.4, 0.5) is 0 Å². The topological polar surface area (TPSA) is 80.3 Å². The highest BCUT2D eigenvalue weighted by Gasteiger charge is 2.19. The van der Waals surface area contributed by atoms with E-state index in [4.69, 9.17) is 23.7 Å². The predicted molar refractivity (Wildman–Crippen MR) is 139 cm³/mol. The van der Waals surface area contributed by atoms with E-state index in [1.807, 2.05) is 0 Å². The third-order valence-corrected chi connectivity index (χ3v) is 5.94. The second-order valence-corrected chi connectivity index (χ2v) is 9.13. The maximum absolute atomic E-state index is 12.2. The fourth-order valence-corrected chi connectivity index (χ4v) is 3.92. The Balaban J connectivity index is 3.61. The molecular weight excluding hydrogens is 448 g/mol. The first kappa shape index (κ1) is 33.8. The molecule has 7 heteroatoms. The van der Waals surface area contributed by atoms with Gasteiger partial charge in [-0.25, -0.2) is 0 Å². The van der Waals surface area contributed by atoms with Crippen LogP contribution in [0.3, 0.4) is 0 Å². The first-order valence-corrected chi connectivity index (χ1v) is 14.2. The van der Waals surface area contributed by atoms with Crippen LogP contribution in [-0.4, -0.2) is 64.8 Å². The van der Waals surface area contributed by atoms with Crippen molar-refractivity contribution in [1.82, 2.24) is 0 Å². The van der Waals surface area contributed by atoms with Crippen molar-refractivity contribution in [2.45, 2.75) is 105 Å². The van der Waals surface area contributed by atoms with Crippen LogP contribution in [-0.2, 0) is 33.3 Å². The van der Waals surface area contributed by atoms with E-state index in [2.05, 4.69) is 27.7 Å². The average Bonchev–Trinajstić information content (AvgIpc) is 2.85. The fourth-order valence-electron chi connectivity index (χ4n) is 3.92. The summed E-state index contributed by atoms with van der Waals surface area (Å²) >= 11 is 0. The Morgan fingerprint density at radius 1 is 0.457 bits per heavy atom. The van der Waals surface area contributed by atoms with Crippen LogP contribution in [0.15, 0.2) is 0 Å². The minimum Gasteiger partial charge on any atom is -0.463 e. The molecule has 0 aliphatic heterocycles. The number of rotatable bonds is 26. The number of ether oxygens (including phenoxy) is 5. The molecule has 0 saturated carbocycles. The Kier molecular flexibility index (Phi) is 25.0. The van der Waals surface area contributed by atoms with Crippen molar-refractivity contribution in [3.05, 3.63) is 0 Å². The standard InChI is InChI=1S/C28H54O7/c1-5-9-11-15-25(13-7-3)27(29)34-23-21-32-19-17-31-18-20-33-22-24-35-28(30)26(14-8-4)16-12-10-6-2/h25-26H,5-24H2,1-4H3. The van der Waals surface area contributed by atoms with Crippen molar-refractivity contribution in [2.24, 2.45) is 11.8 Å². The summed E-state index contributed by atoms with van der Waals surface area (Å²) in [6, 6.07) is 0. The molecule has 0 spiro atoms. The second-order valence-electron chi connectivity index (χ2n) is 9.13. The number of hydrogen-bond acceptors (Lipinski definition) is 7. The van der Waals surface area contributed by atoms with Gasteiger partial charge in [0.1, 0.15) is 13.2 Å². The molecule has 7 nitrogen and oxygen atoms in total. The first-order valence-electron chi connectivity index (χ1n) is 14.2. The van der Waals surface area contributed by atoms with Gasteiger partial charge in [0.05, 0.1) is 51.5 Å². The SMILES string of the molecule is CCCCCC(CCC)C(=O)OCCOCCOCCOCCOC(=O)C(CCC)CCCCC. The lowest BCUT2D eigenvalue weighted by molar-refractivity contribution is -0.151. The maximum atomic E-state index is 12.2. The molecule has 0 radical (unpaired) electrons. The number of hydrogen-bond donors (Lipinski definition) is 0. The van der Waals surface area contributed by atoms with E-state index in [0.29, 0.717) is 39.6 Å². The highest BCUT2D eigenvalue weighted by molar-refractivity contribution is 5.72. The van der Waals surface area contributed by atoms with E-state index >= 15 is 0 Å². The molecule has 208 valence electrons. The zero-order valence-corrected chi connectivity index (χ0v) is 23.2. The number of esters is 2. The van der Waals surface area contributed by atoms with Crippen LogP contribution < -0.4 is 0 Å². The molecular formula is C28H54O7. The van der Waals surface area contributed by atoms with Gasteiger partial charge in [0, 0.05) is 0 Å². The van der Waals surface area contributed by atoms with Crippen molar-refractivity contribution in [1.29, 1.82) is 0 Å². The lowest BCUT2D eigenvalue weighted by Crippen LogP contribution is -2.21. The second kappa shape index (κ2) is 25.9. The van der Waals surface area contributed by atoms with Gasteiger partial charge < -0.3 is 23.7 Å². The minimum atomic E-state index is -0.0944. The molecule has 2 unspecified atom stereocenters. The van der Waals surface area contributed by atoms with E-state index in [1.165, 1.54) is 0 Å². The molecule has 0 rings (SSSR count). The summed E-state index contributed by atoms with van der Waals surface area (Å²) in [5.41, 5.74) is 0. The Labute approximate surface area is 214 Å². The van der Waals surface area contributed by atoms with Gasteiger partial charge in [-0.3, -0.25) is 9.59 Å². The summed E-state index contributed by atoms with van der Waals surface area (Å²) in [6.07, 6.45) is 12.4. The van der Waals surface area contributed by atoms with E-state index in [0.717, 1.165) is 77.0 Å².